The zero-order valence-electron chi connectivity index (χ0n) is 8.27. The molecule has 2 rings (SSSR count). The van der Waals surface area contributed by atoms with Gasteiger partial charge in [-0.25, -0.2) is 0 Å². The zero-order chi connectivity index (χ0) is 10.8. The van der Waals surface area contributed by atoms with Crippen molar-refractivity contribution in [2.45, 2.75) is 19.0 Å². The van der Waals surface area contributed by atoms with Crippen LogP contribution in [0, 0.1) is 0 Å². The Hall–Kier alpha value is -0.880. The summed E-state index contributed by atoms with van der Waals surface area (Å²) in [7, 11) is 0. The third-order valence-corrected chi connectivity index (χ3v) is 2.89. The van der Waals surface area contributed by atoms with Crippen molar-refractivity contribution in [3.05, 3.63) is 16.9 Å². The van der Waals surface area contributed by atoms with Gasteiger partial charge in [0.15, 0.2) is 0 Å². The van der Waals surface area contributed by atoms with Gasteiger partial charge >= 0.3 is 0 Å². The number of hydrogen-bond donors (Lipinski definition) is 1. The first-order valence-electron chi connectivity index (χ1n) is 4.86. The number of rotatable bonds is 2. The second-order valence-electron chi connectivity index (χ2n) is 3.74. The van der Waals surface area contributed by atoms with Gasteiger partial charge in [-0.2, -0.15) is 5.10 Å². The van der Waals surface area contributed by atoms with E-state index >= 15 is 0 Å². The van der Waals surface area contributed by atoms with E-state index in [0.29, 0.717) is 6.54 Å². The third-order valence-electron chi connectivity index (χ3n) is 2.48. The molecule has 0 spiro atoms. The second-order valence-corrected chi connectivity index (χ2v) is 4.66. The van der Waals surface area contributed by atoms with Gasteiger partial charge in [-0.15, -0.1) is 0 Å². The standard InChI is InChI=1S/C9H13BrN4O/c10-7-3-12-14(4-7)6-9(15)13-2-1-8(11)5-13/h3-4,8H,1-2,5-6,11H2. The zero-order valence-corrected chi connectivity index (χ0v) is 9.85. The summed E-state index contributed by atoms with van der Waals surface area (Å²) in [6.07, 6.45) is 4.35. The van der Waals surface area contributed by atoms with Crippen LogP contribution in [0.25, 0.3) is 0 Å². The maximum absolute atomic E-state index is 11.8. The van der Waals surface area contributed by atoms with Crippen LogP contribution < -0.4 is 5.73 Å². The van der Waals surface area contributed by atoms with Crippen molar-refractivity contribution in [3.8, 4) is 0 Å². The second kappa shape index (κ2) is 4.32. The topological polar surface area (TPSA) is 64.2 Å². The van der Waals surface area contributed by atoms with E-state index < -0.39 is 0 Å². The number of amides is 1. The molecule has 0 aromatic carbocycles. The third kappa shape index (κ3) is 2.57. The first-order valence-corrected chi connectivity index (χ1v) is 5.66. The average Bonchev–Trinajstić information content (AvgIpc) is 2.75. The highest BCUT2D eigenvalue weighted by Crippen LogP contribution is 2.09. The lowest BCUT2D eigenvalue weighted by molar-refractivity contribution is -0.131. The van der Waals surface area contributed by atoms with Gasteiger partial charge < -0.3 is 10.6 Å². The summed E-state index contributed by atoms with van der Waals surface area (Å²) < 4.78 is 2.50. The lowest BCUT2D eigenvalue weighted by Crippen LogP contribution is -2.34. The smallest absolute Gasteiger partial charge is 0.244 e. The lowest BCUT2D eigenvalue weighted by Gasteiger charge is -2.15. The molecule has 1 aromatic rings. The quantitative estimate of drug-likeness (QED) is 0.837. The number of likely N-dealkylation sites (tertiary alicyclic amines) is 1. The Morgan fingerprint density at radius 3 is 3.07 bits per heavy atom. The van der Waals surface area contributed by atoms with Crippen LogP contribution in [0.4, 0.5) is 0 Å². The van der Waals surface area contributed by atoms with Crippen LogP contribution in [-0.2, 0) is 11.3 Å². The fourth-order valence-electron chi connectivity index (χ4n) is 1.68. The first-order chi connectivity index (χ1) is 7.15. The highest BCUT2D eigenvalue weighted by molar-refractivity contribution is 9.10. The maximum Gasteiger partial charge on any atom is 0.244 e. The number of nitrogens with two attached hydrogens (primary N) is 1. The molecule has 1 fully saturated rings. The fraction of sp³-hybridized carbons (Fsp3) is 0.556. The van der Waals surface area contributed by atoms with Gasteiger partial charge in [0.25, 0.3) is 0 Å². The van der Waals surface area contributed by atoms with E-state index in [2.05, 4.69) is 21.0 Å². The largest absolute Gasteiger partial charge is 0.339 e. The van der Waals surface area contributed by atoms with Crippen molar-refractivity contribution in [1.82, 2.24) is 14.7 Å². The molecule has 82 valence electrons. The normalized spacial score (nSPS) is 20.9. The monoisotopic (exact) mass is 272 g/mol. The molecular weight excluding hydrogens is 260 g/mol. The molecule has 0 aliphatic carbocycles. The molecule has 1 unspecified atom stereocenters. The molecule has 2 N–H and O–H groups in total. The molecular formula is C9H13BrN4O. The molecule has 5 nitrogen and oxygen atoms in total. The van der Waals surface area contributed by atoms with Gasteiger partial charge in [0.2, 0.25) is 5.91 Å². The van der Waals surface area contributed by atoms with Crippen LogP contribution in [0.3, 0.4) is 0 Å². The van der Waals surface area contributed by atoms with E-state index in [9.17, 15) is 4.79 Å². The van der Waals surface area contributed by atoms with Crippen molar-refractivity contribution >= 4 is 21.8 Å². The SMILES string of the molecule is NC1CCN(C(=O)Cn2cc(Br)cn2)C1. The molecule has 2 heterocycles. The van der Waals surface area contributed by atoms with Crippen LogP contribution in [0.15, 0.2) is 16.9 Å². The Labute approximate surface area is 96.4 Å². The molecule has 0 bridgehead atoms. The first kappa shape index (κ1) is 10.6. The van der Waals surface area contributed by atoms with Crippen LogP contribution in [0.2, 0.25) is 0 Å². The van der Waals surface area contributed by atoms with Crippen molar-refractivity contribution < 1.29 is 4.79 Å². The Kier molecular flexibility index (Phi) is 3.06. The number of aromatic nitrogens is 2. The molecule has 0 saturated carbocycles. The van der Waals surface area contributed by atoms with Gasteiger partial charge in [0.1, 0.15) is 6.54 Å². The molecule has 1 aliphatic rings. The van der Waals surface area contributed by atoms with Crippen LogP contribution in [-0.4, -0.2) is 39.7 Å². The van der Waals surface area contributed by atoms with Crippen molar-refractivity contribution in [3.63, 3.8) is 0 Å². The summed E-state index contributed by atoms with van der Waals surface area (Å²) in [5, 5.41) is 4.04. The summed E-state index contributed by atoms with van der Waals surface area (Å²) in [4.78, 5) is 13.6. The minimum atomic E-state index is 0.0820. The van der Waals surface area contributed by atoms with Gasteiger partial charge in [0.05, 0.1) is 10.7 Å². The van der Waals surface area contributed by atoms with Crippen molar-refractivity contribution in [2.24, 2.45) is 5.73 Å². The minimum absolute atomic E-state index is 0.0820. The van der Waals surface area contributed by atoms with E-state index in [4.69, 9.17) is 5.73 Å². The summed E-state index contributed by atoms with van der Waals surface area (Å²) in [5.41, 5.74) is 5.74. The fourth-order valence-corrected chi connectivity index (χ4v) is 2.01. The van der Waals surface area contributed by atoms with Gasteiger partial charge in [-0.1, -0.05) is 0 Å². The van der Waals surface area contributed by atoms with E-state index in [1.54, 1.807) is 22.0 Å². The number of nitrogens with zero attached hydrogens (tertiary/aromatic N) is 3. The number of carbonyl (C=O) groups is 1. The molecule has 0 radical (unpaired) electrons. The Morgan fingerprint density at radius 2 is 2.53 bits per heavy atom. The van der Waals surface area contributed by atoms with Crippen LogP contribution in [0.1, 0.15) is 6.42 Å². The van der Waals surface area contributed by atoms with Gasteiger partial charge in [0, 0.05) is 25.3 Å². The predicted octanol–water partition coefficient (Wildman–Crippen LogP) is 0.205. The Balaban J connectivity index is 1.92. The molecule has 1 atom stereocenters. The predicted molar refractivity (Wildman–Crippen MR) is 59.1 cm³/mol. The van der Waals surface area contributed by atoms with Crippen LogP contribution >= 0.6 is 15.9 Å². The summed E-state index contributed by atoms with van der Waals surface area (Å²) in [6, 6.07) is 0.137. The maximum atomic E-state index is 11.8. The van der Waals surface area contributed by atoms with Crippen molar-refractivity contribution in [2.75, 3.05) is 13.1 Å². The highest BCUT2D eigenvalue weighted by Gasteiger charge is 2.23. The molecule has 1 saturated heterocycles. The number of carbonyl (C=O) groups excluding carboxylic acids is 1. The summed E-state index contributed by atoms with van der Waals surface area (Å²) >= 11 is 3.29. The van der Waals surface area contributed by atoms with E-state index in [0.717, 1.165) is 17.4 Å². The minimum Gasteiger partial charge on any atom is -0.339 e. The van der Waals surface area contributed by atoms with Gasteiger partial charge in [-0.05, 0) is 22.4 Å². The van der Waals surface area contributed by atoms with E-state index in [1.807, 2.05) is 0 Å². The molecule has 6 heteroatoms. The van der Waals surface area contributed by atoms with Crippen molar-refractivity contribution in [1.29, 1.82) is 0 Å². The average molecular weight is 273 g/mol. The Morgan fingerprint density at radius 1 is 1.73 bits per heavy atom. The van der Waals surface area contributed by atoms with E-state index in [1.165, 1.54) is 0 Å². The summed E-state index contributed by atoms with van der Waals surface area (Å²) in [5.74, 6) is 0.0820. The lowest BCUT2D eigenvalue weighted by atomic mass is 10.3. The molecule has 1 aliphatic heterocycles. The summed E-state index contributed by atoms with van der Waals surface area (Å²) in [6.45, 7) is 1.72. The van der Waals surface area contributed by atoms with E-state index in [-0.39, 0.29) is 18.5 Å². The number of hydrogen-bond acceptors (Lipinski definition) is 3. The molecule has 1 aromatic heterocycles. The Bertz CT molecular complexity index is 365. The van der Waals surface area contributed by atoms with Gasteiger partial charge in [-0.3, -0.25) is 9.48 Å². The molecule has 1 amide bonds. The number of halogens is 1. The van der Waals surface area contributed by atoms with Crippen LogP contribution in [0.5, 0.6) is 0 Å². The highest BCUT2D eigenvalue weighted by atomic mass is 79.9. The molecule has 15 heavy (non-hydrogen) atoms.